The van der Waals surface area contributed by atoms with Crippen molar-refractivity contribution in [2.24, 2.45) is 0 Å². The van der Waals surface area contributed by atoms with Gasteiger partial charge >= 0.3 is 0 Å². The highest BCUT2D eigenvalue weighted by Gasteiger charge is 2.12. The first-order valence-electron chi connectivity index (χ1n) is 10.1. The van der Waals surface area contributed by atoms with Crippen LogP contribution in [0, 0.1) is 25.2 Å². The number of nitrogens with one attached hydrogen (secondary N) is 2. The molecule has 6 nitrogen and oxygen atoms in total. The van der Waals surface area contributed by atoms with E-state index in [9.17, 15) is 14.9 Å². The van der Waals surface area contributed by atoms with Gasteiger partial charge in [0.25, 0.3) is 11.8 Å². The fourth-order valence-corrected chi connectivity index (χ4v) is 3.09. The largest absolute Gasteiger partial charge is 0.483 e. The fraction of sp³-hybridized carbons (Fsp3) is 0.115. The second-order valence-electron chi connectivity index (χ2n) is 7.32. The number of hydrogen-bond acceptors (Lipinski definition) is 4. The number of rotatable bonds is 7. The minimum atomic E-state index is -0.567. The third kappa shape index (κ3) is 6.70. The van der Waals surface area contributed by atoms with Crippen LogP contribution < -0.4 is 15.4 Å². The van der Waals surface area contributed by atoms with E-state index in [1.54, 1.807) is 48.5 Å². The van der Waals surface area contributed by atoms with Gasteiger partial charge in [0.15, 0.2) is 6.61 Å². The molecule has 0 radical (unpaired) electrons. The second-order valence-corrected chi connectivity index (χ2v) is 7.76. The summed E-state index contributed by atoms with van der Waals surface area (Å²) in [5, 5.41) is 15.5. The van der Waals surface area contributed by atoms with Gasteiger partial charge in [0.1, 0.15) is 17.4 Å². The average molecular weight is 460 g/mol. The van der Waals surface area contributed by atoms with Crippen LogP contribution in [0.25, 0.3) is 6.08 Å². The standard InChI is InChI=1S/C26H22ClN3O3/c1-17-7-8-18(2)23(13-17)30-25(31)16-33-24-6-4-3-5-19(24)14-20(15-28)26(32)29-22-11-9-21(27)10-12-22/h3-14H,16H2,1-2H3,(H,29,32)(H,30,31)/b20-14-. The quantitative estimate of drug-likeness (QED) is 0.359. The number of amides is 2. The van der Waals surface area contributed by atoms with Crippen molar-refractivity contribution in [2.75, 3.05) is 17.2 Å². The van der Waals surface area contributed by atoms with Gasteiger partial charge in [0.05, 0.1) is 0 Å². The summed E-state index contributed by atoms with van der Waals surface area (Å²) in [6, 6.07) is 21.1. The number of anilines is 2. The van der Waals surface area contributed by atoms with Gasteiger partial charge in [0.2, 0.25) is 0 Å². The average Bonchev–Trinajstić information content (AvgIpc) is 2.80. The van der Waals surface area contributed by atoms with Crippen LogP contribution in [0.4, 0.5) is 11.4 Å². The van der Waals surface area contributed by atoms with Crippen molar-refractivity contribution >= 4 is 40.9 Å². The van der Waals surface area contributed by atoms with E-state index < -0.39 is 5.91 Å². The highest BCUT2D eigenvalue weighted by atomic mass is 35.5. The number of aryl methyl sites for hydroxylation is 2. The van der Waals surface area contributed by atoms with Crippen LogP contribution in [0.15, 0.2) is 72.3 Å². The van der Waals surface area contributed by atoms with Crippen molar-refractivity contribution < 1.29 is 14.3 Å². The molecule has 3 rings (SSSR count). The lowest BCUT2D eigenvalue weighted by Crippen LogP contribution is -2.21. The van der Waals surface area contributed by atoms with Crippen LogP contribution in [0.1, 0.15) is 16.7 Å². The van der Waals surface area contributed by atoms with Crippen LogP contribution in [0.2, 0.25) is 5.02 Å². The molecule has 0 saturated carbocycles. The second kappa shape index (κ2) is 11.0. The lowest BCUT2D eigenvalue weighted by Gasteiger charge is -2.12. The van der Waals surface area contributed by atoms with Crippen molar-refractivity contribution in [2.45, 2.75) is 13.8 Å². The summed E-state index contributed by atoms with van der Waals surface area (Å²) in [5.41, 5.74) is 3.61. The van der Waals surface area contributed by atoms with Gasteiger partial charge in [0, 0.05) is 22.0 Å². The highest BCUT2D eigenvalue weighted by Crippen LogP contribution is 2.22. The normalized spacial score (nSPS) is 10.8. The number of benzene rings is 3. The van der Waals surface area contributed by atoms with E-state index in [1.165, 1.54) is 6.08 Å². The maximum Gasteiger partial charge on any atom is 0.266 e. The Morgan fingerprint density at radius 2 is 1.76 bits per heavy atom. The zero-order valence-corrected chi connectivity index (χ0v) is 18.9. The Kier molecular flexibility index (Phi) is 7.85. The van der Waals surface area contributed by atoms with Crippen LogP contribution >= 0.6 is 11.6 Å². The van der Waals surface area contributed by atoms with E-state index in [1.807, 2.05) is 38.1 Å². The summed E-state index contributed by atoms with van der Waals surface area (Å²) in [5.74, 6) is -0.508. The Labute approximate surface area is 197 Å². The summed E-state index contributed by atoms with van der Waals surface area (Å²) >= 11 is 5.86. The van der Waals surface area contributed by atoms with Crippen molar-refractivity contribution in [1.29, 1.82) is 5.26 Å². The fourth-order valence-electron chi connectivity index (χ4n) is 2.97. The minimum Gasteiger partial charge on any atom is -0.483 e. The van der Waals surface area contributed by atoms with Crippen LogP contribution in [0.3, 0.4) is 0 Å². The number of carbonyl (C=O) groups is 2. The number of para-hydroxylation sites is 1. The molecule has 0 aliphatic rings. The monoisotopic (exact) mass is 459 g/mol. The maximum absolute atomic E-state index is 12.5. The Morgan fingerprint density at radius 1 is 1.03 bits per heavy atom. The number of carbonyl (C=O) groups excluding carboxylic acids is 2. The van der Waals surface area contributed by atoms with Gasteiger partial charge in [-0.2, -0.15) is 5.26 Å². The Bertz CT molecular complexity index is 1240. The highest BCUT2D eigenvalue weighted by molar-refractivity contribution is 6.30. The molecule has 0 aliphatic heterocycles. The first-order chi connectivity index (χ1) is 15.9. The molecule has 0 unspecified atom stereocenters. The van der Waals surface area contributed by atoms with Crippen LogP contribution in [-0.4, -0.2) is 18.4 Å². The lowest BCUT2D eigenvalue weighted by molar-refractivity contribution is -0.118. The predicted molar refractivity (Wildman–Crippen MR) is 130 cm³/mol. The van der Waals surface area contributed by atoms with Gasteiger partial charge in [-0.15, -0.1) is 0 Å². The molecule has 0 bridgehead atoms. The first kappa shape index (κ1) is 23.6. The molecular weight excluding hydrogens is 438 g/mol. The molecule has 2 amide bonds. The topological polar surface area (TPSA) is 91.2 Å². The van der Waals surface area contributed by atoms with Crippen LogP contribution in [0.5, 0.6) is 5.75 Å². The molecule has 2 N–H and O–H groups in total. The van der Waals surface area contributed by atoms with Gasteiger partial charge < -0.3 is 15.4 Å². The number of halogens is 1. The van der Waals surface area contributed by atoms with Gasteiger partial charge in [-0.05, 0) is 67.4 Å². The number of hydrogen-bond donors (Lipinski definition) is 2. The molecule has 166 valence electrons. The zero-order chi connectivity index (χ0) is 23.8. The van der Waals surface area contributed by atoms with Crippen LogP contribution in [-0.2, 0) is 9.59 Å². The third-order valence-electron chi connectivity index (χ3n) is 4.71. The van der Waals surface area contributed by atoms with E-state index in [2.05, 4.69) is 10.6 Å². The zero-order valence-electron chi connectivity index (χ0n) is 18.2. The van der Waals surface area contributed by atoms with Gasteiger partial charge in [-0.1, -0.05) is 41.9 Å². The number of nitrogens with zero attached hydrogens (tertiary/aromatic N) is 1. The minimum absolute atomic E-state index is 0.110. The molecule has 0 fully saturated rings. The molecule has 3 aromatic rings. The van der Waals surface area contributed by atoms with E-state index in [4.69, 9.17) is 16.3 Å². The third-order valence-corrected chi connectivity index (χ3v) is 4.96. The summed E-state index contributed by atoms with van der Waals surface area (Å²) in [6.45, 7) is 3.63. The molecule has 0 atom stereocenters. The van der Waals surface area contributed by atoms with Crippen molar-refractivity contribution in [3.05, 3.63) is 94.0 Å². The first-order valence-corrected chi connectivity index (χ1v) is 10.5. The Balaban J connectivity index is 1.70. The Hall–Kier alpha value is -4.08. The predicted octanol–water partition coefficient (Wildman–Crippen LogP) is 5.52. The Morgan fingerprint density at radius 3 is 2.48 bits per heavy atom. The summed E-state index contributed by atoms with van der Waals surface area (Å²) < 4.78 is 5.69. The molecule has 0 aromatic heterocycles. The molecular formula is C26H22ClN3O3. The molecule has 0 aliphatic carbocycles. The molecule has 0 heterocycles. The van der Waals surface area contributed by atoms with E-state index in [0.717, 1.165) is 16.8 Å². The van der Waals surface area contributed by atoms with Crippen molar-refractivity contribution in [1.82, 2.24) is 0 Å². The summed E-state index contributed by atoms with van der Waals surface area (Å²) in [6.07, 6.45) is 1.42. The van der Waals surface area contributed by atoms with E-state index >= 15 is 0 Å². The summed E-state index contributed by atoms with van der Waals surface area (Å²) in [4.78, 5) is 24.9. The number of nitriles is 1. The maximum atomic E-state index is 12.5. The van der Waals surface area contributed by atoms with E-state index in [0.29, 0.717) is 22.0 Å². The SMILES string of the molecule is Cc1ccc(C)c(NC(=O)COc2ccccc2/C=C(/C#N)C(=O)Nc2ccc(Cl)cc2)c1. The van der Waals surface area contributed by atoms with Gasteiger partial charge in [-0.25, -0.2) is 0 Å². The van der Waals surface area contributed by atoms with E-state index in [-0.39, 0.29) is 18.1 Å². The molecule has 3 aromatic carbocycles. The van der Waals surface area contributed by atoms with Gasteiger partial charge in [-0.3, -0.25) is 9.59 Å². The summed E-state index contributed by atoms with van der Waals surface area (Å²) in [7, 11) is 0. The number of ether oxygens (including phenoxy) is 1. The molecule has 33 heavy (non-hydrogen) atoms. The van der Waals surface area contributed by atoms with Crippen molar-refractivity contribution in [3.63, 3.8) is 0 Å². The lowest BCUT2D eigenvalue weighted by atomic mass is 10.1. The molecule has 0 saturated heterocycles. The molecule has 0 spiro atoms. The van der Waals surface area contributed by atoms with Crippen molar-refractivity contribution in [3.8, 4) is 11.8 Å². The smallest absolute Gasteiger partial charge is 0.266 e. The molecule has 7 heteroatoms.